The van der Waals surface area contributed by atoms with Crippen molar-refractivity contribution in [3.8, 4) is 0 Å². The molecular formula is C22H26N16O11. The maximum Gasteiger partial charge on any atom is 0.278 e. The summed E-state index contributed by atoms with van der Waals surface area (Å²) in [4.78, 5) is 60.6. The first kappa shape index (κ1) is 34.6. The molecule has 4 aromatic heterocycles. The average molecular weight is 691 g/mol. The normalized spacial score (nSPS) is 29.2. The lowest BCUT2D eigenvalue weighted by molar-refractivity contribution is -0.123. The minimum absolute atomic E-state index is 0.00169. The van der Waals surface area contributed by atoms with Gasteiger partial charge in [0.05, 0.1) is 13.2 Å². The Balaban J connectivity index is 0.000000192. The number of aromatic nitrogens is 8. The number of carbonyl (C=O) groups excluding carboxylic acids is 1. The van der Waals surface area contributed by atoms with Crippen molar-refractivity contribution in [1.29, 1.82) is 0 Å². The molecule has 49 heavy (non-hydrogen) atoms. The Morgan fingerprint density at radius 3 is 1.80 bits per heavy atom. The molecule has 8 atom stereocenters. The van der Waals surface area contributed by atoms with Crippen LogP contribution in [0.2, 0.25) is 0 Å². The fourth-order valence-electron chi connectivity index (χ4n) is 5.16. The molecule has 4 aromatic rings. The molecule has 6 rings (SSSR count). The number of rotatable bonds is 7. The number of nitrogens with one attached hydrogen (secondary N) is 3. The summed E-state index contributed by atoms with van der Waals surface area (Å²) in [6.07, 6.45) is -7.16. The highest BCUT2D eigenvalue weighted by Crippen LogP contribution is 2.40. The lowest BCUT2D eigenvalue weighted by Crippen LogP contribution is -2.44. The highest BCUT2D eigenvalue weighted by molar-refractivity contribution is 5.87. The van der Waals surface area contributed by atoms with Crippen molar-refractivity contribution in [2.45, 2.75) is 55.2 Å². The van der Waals surface area contributed by atoms with E-state index < -0.39 is 78.6 Å². The van der Waals surface area contributed by atoms with Gasteiger partial charge in [-0.25, -0.2) is 9.97 Å². The number of hydrogen-bond acceptors (Lipinski definition) is 18. The van der Waals surface area contributed by atoms with E-state index in [1.54, 1.807) is 0 Å². The van der Waals surface area contributed by atoms with Crippen LogP contribution in [0.3, 0.4) is 0 Å². The van der Waals surface area contributed by atoms with Gasteiger partial charge < -0.3 is 45.8 Å². The van der Waals surface area contributed by atoms with Gasteiger partial charge in [0.2, 0.25) is 29.3 Å². The monoisotopic (exact) mass is 690 g/mol. The molecule has 2 saturated heterocycles. The summed E-state index contributed by atoms with van der Waals surface area (Å²) in [6.45, 7) is -0.545. The average Bonchev–Trinajstić information content (AvgIpc) is 3.79. The highest BCUT2D eigenvalue weighted by atomic mass is 16.6. The minimum atomic E-state index is -2.12. The van der Waals surface area contributed by atoms with Gasteiger partial charge in [0, 0.05) is 16.7 Å². The molecule has 27 nitrogen and oxygen atoms in total. The van der Waals surface area contributed by atoms with Crippen LogP contribution in [-0.4, -0.2) is 125 Å². The molecule has 0 aromatic carbocycles. The third-order valence-corrected chi connectivity index (χ3v) is 7.43. The van der Waals surface area contributed by atoms with Crippen LogP contribution in [-0.2, 0) is 14.3 Å². The van der Waals surface area contributed by atoms with Gasteiger partial charge in [-0.1, -0.05) is 10.2 Å². The second kappa shape index (κ2) is 13.1. The topological polar surface area (TPSA) is 420 Å². The molecule has 260 valence electrons. The van der Waals surface area contributed by atoms with Crippen molar-refractivity contribution in [3.63, 3.8) is 0 Å². The largest absolute Gasteiger partial charge is 0.393 e. The van der Waals surface area contributed by atoms with Crippen LogP contribution >= 0.6 is 0 Å². The molecule has 0 unspecified atom stereocenters. The van der Waals surface area contributed by atoms with Gasteiger partial charge >= 0.3 is 0 Å². The predicted molar refractivity (Wildman–Crippen MR) is 157 cm³/mol. The number of nitrogen functional groups attached to an aromatic ring is 1. The van der Waals surface area contributed by atoms with Crippen LogP contribution in [0.15, 0.2) is 32.5 Å². The number of nitrogens with two attached hydrogens (primary N) is 1. The van der Waals surface area contributed by atoms with E-state index in [1.165, 1.54) is 6.92 Å². The summed E-state index contributed by atoms with van der Waals surface area (Å²) in [7, 11) is 0. The zero-order valence-corrected chi connectivity index (χ0v) is 24.7. The Kier molecular flexibility index (Phi) is 9.22. The first-order chi connectivity index (χ1) is 23.3. The Bertz CT molecular complexity index is 2120. The number of aromatic amines is 2. The van der Waals surface area contributed by atoms with Gasteiger partial charge in [0.15, 0.2) is 34.8 Å². The lowest BCUT2D eigenvalue weighted by Gasteiger charge is -2.23. The number of imidazole rings is 2. The summed E-state index contributed by atoms with van der Waals surface area (Å²) >= 11 is 0. The van der Waals surface area contributed by atoms with E-state index in [9.17, 15) is 45.0 Å². The number of amides is 1. The third-order valence-electron chi connectivity index (χ3n) is 7.43. The van der Waals surface area contributed by atoms with Crippen LogP contribution in [0.1, 0.15) is 19.4 Å². The van der Waals surface area contributed by atoms with Gasteiger partial charge in [-0.05, 0) is 11.1 Å². The van der Waals surface area contributed by atoms with E-state index in [2.05, 4.69) is 55.3 Å². The summed E-state index contributed by atoms with van der Waals surface area (Å²) in [5.41, 5.74) is 16.8. The molecule has 27 heteroatoms. The number of fused-ring (bicyclic) bond motifs is 2. The fraction of sp³-hybridized carbons (Fsp3) is 0.500. The van der Waals surface area contributed by atoms with Crippen LogP contribution < -0.4 is 22.2 Å². The molecule has 0 bridgehead atoms. The molecule has 2 aliphatic rings. The van der Waals surface area contributed by atoms with E-state index in [4.69, 9.17) is 26.3 Å². The number of anilines is 2. The van der Waals surface area contributed by atoms with Crippen molar-refractivity contribution in [2.24, 2.45) is 10.2 Å². The molecule has 0 spiro atoms. The number of hydrogen-bond donors (Lipinski definition) is 10. The predicted octanol–water partition coefficient (Wildman–Crippen LogP) is -3.72. The van der Waals surface area contributed by atoms with Crippen LogP contribution in [0.25, 0.3) is 43.2 Å². The van der Waals surface area contributed by atoms with Crippen molar-refractivity contribution in [3.05, 3.63) is 54.2 Å². The zero-order valence-electron chi connectivity index (χ0n) is 24.7. The van der Waals surface area contributed by atoms with Gasteiger partial charge in [0.1, 0.15) is 37.1 Å². The lowest BCUT2D eigenvalue weighted by atomic mass is 10.1. The Morgan fingerprint density at radius 1 is 0.918 bits per heavy atom. The smallest absolute Gasteiger partial charge is 0.278 e. The molecule has 0 saturated carbocycles. The van der Waals surface area contributed by atoms with Crippen molar-refractivity contribution in [1.82, 2.24) is 39.0 Å². The molecule has 6 heterocycles. The SMILES string of the molecule is CC(=O)Nc1nc2ncn([C@@H]3O[C@@](CO)(N=[N+]=[N-])[C@@H](O)[C@H]3O)c2c(=O)[nH]1.[N-]=[N+]=N[C@]1(CO)O[C@@H](n2cnc3nc(N)[nH]c(=O)c32)[C@H](O)[C@@H]1O. The maximum atomic E-state index is 12.3. The number of azide groups is 2. The first-order valence-corrected chi connectivity index (χ1v) is 13.6. The van der Waals surface area contributed by atoms with Crippen molar-refractivity contribution >= 4 is 40.1 Å². The Morgan fingerprint density at radius 2 is 1.37 bits per heavy atom. The van der Waals surface area contributed by atoms with Crippen LogP contribution in [0, 0.1) is 0 Å². The quantitative estimate of drug-likeness (QED) is 0.0506. The summed E-state index contributed by atoms with van der Waals surface area (Å²) in [5, 5.41) is 68.1. The molecule has 0 aliphatic carbocycles. The second-order valence-electron chi connectivity index (χ2n) is 10.5. The van der Waals surface area contributed by atoms with E-state index in [0.29, 0.717) is 0 Å². The van der Waals surface area contributed by atoms with Gasteiger partial charge in [-0.15, -0.1) is 0 Å². The van der Waals surface area contributed by atoms with Crippen LogP contribution in [0.4, 0.5) is 11.9 Å². The minimum Gasteiger partial charge on any atom is -0.393 e. The van der Waals surface area contributed by atoms with Gasteiger partial charge in [-0.2, -0.15) is 9.97 Å². The number of aliphatic hydroxyl groups excluding tert-OH is 6. The van der Waals surface area contributed by atoms with E-state index in [1.807, 2.05) is 0 Å². The third kappa shape index (κ3) is 5.85. The standard InChI is InChI=1S/C12H14N8O6.C10H12N8O5/c1-4(22)15-11-16-8-5(9(25)17-11)20(3-14-8)10-6(23)7(24)12(2-21,26-10)18-19-13;11-9-14-6-3(7(22)15-9)18(2-13-6)8-4(20)5(21)10(1-19,23-8)16-17-12/h3,6-7,10,21,23-24H,2H2,1H3,(H2,15,16,17,22,25);2,4-5,8,19-21H,1H2,(H3,11,14,15,22)/t6-,7+,10-,12-;4-,5+,8-,10-/m11/s1. The first-order valence-electron chi connectivity index (χ1n) is 13.6. The number of H-pyrrole nitrogens is 2. The van der Waals surface area contributed by atoms with Crippen molar-refractivity contribution < 1.29 is 44.9 Å². The van der Waals surface area contributed by atoms with Crippen molar-refractivity contribution in [2.75, 3.05) is 24.3 Å². The summed E-state index contributed by atoms with van der Waals surface area (Å²) < 4.78 is 12.9. The second-order valence-corrected chi connectivity index (χ2v) is 10.5. The summed E-state index contributed by atoms with van der Waals surface area (Å²) in [6, 6.07) is 0. The highest BCUT2D eigenvalue weighted by Gasteiger charge is 2.56. The Labute approximate surface area is 268 Å². The van der Waals surface area contributed by atoms with E-state index >= 15 is 0 Å². The molecule has 11 N–H and O–H groups in total. The van der Waals surface area contributed by atoms with E-state index in [-0.39, 0.29) is 34.2 Å². The molecular weight excluding hydrogens is 664 g/mol. The number of aliphatic hydroxyl groups is 6. The van der Waals surface area contributed by atoms with Crippen LogP contribution in [0.5, 0.6) is 0 Å². The molecule has 2 fully saturated rings. The molecule has 0 radical (unpaired) electrons. The molecule has 1 amide bonds. The zero-order chi connectivity index (χ0) is 35.8. The van der Waals surface area contributed by atoms with Gasteiger partial charge in [-0.3, -0.25) is 38.8 Å². The van der Waals surface area contributed by atoms with E-state index in [0.717, 1.165) is 21.8 Å². The maximum absolute atomic E-state index is 12.3. The number of carbonyl (C=O) groups is 1. The Hall–Kier alpha value is -5.73. The fourth-order valence-corrected chi connectivity index (χ4v) is 5.16. The molecule has 2 aliphatic heterocycles. The summed E-state index contributed by atoms with van der Waals surface area (Å²) in [5.74, 6) is -0.710. The van der Waals surface area contributed by atoms with Gasteiger partial charge in [0.25, 0.3) is 11.1 Å². The number of nitrogens with zero attached hydrogens (tertiary/aromatic N) is 12. The number of ether oxygens (including phenoxy) is 2.